The Morgan fingerprint density at radius 2 is 1.91 bits per heavy atom. The summed E-state index contributed by atoms with van der Waals surface area (Å²) in [6.45, 7) is 4.01. The molecule has 0 N–H and O–H groups in total. The Morgan fingerprint density at radius 1 is 1.22 bits per heavy atom. The maximum atomic E-state index is 12.0. The molecule has 6 nitrogen and oxygen atoms in total. The first-order valence-electron chi connectivity index (χ1n) is 7.19. The van der Waals surface area contributed by atoms with Crippen molar-refractivity contribution in [3.63, 3.8) is 0 Å². The number of esters is 1. The second-order valence-corrected chi connectivity index (χ2v) is 5.58. The van der Waals surface area contributed by atoms with Crippen LogP contribution in [0.4, 0.5) is 4.79 Å². The monoisotopic (exact) mass is 335 g/mol. The van der Waals surface area contributed by atoms with Gasteiger partial charge in [0.15, 0.2) is 6.61 Å². The van der Waals surface area contributed by atoms with E-state index in [1.807, 2.05) is 0 Å². The topological polar surface area (TPSA) is 72.9 Å². The second-order valence-electron chi connectivity index (χ2n) is 4.59. The fraction of sp³-hybridized carbons (Fsp3) is 0.312. The molecule has 7 heteroatoms. The third-order valence-electron chi connectivity index (χ3n) is 3.03. The molecule has 0 bridgehead atoms. The van der Waals surface area contributed by atoms with Crippen LogP contribution in [0.2, 0.25) is 0 Å². The lowest BCUT2D eigenvalue weighted by molar-refractivity contribution is -0.145. The van der Waals surface area contributed by atoms with E-state index in [4.69, 9.17) is 9.47 Å². The molecule has 0 radical (unpaired) electrons. The van der Waals surface area contributed by atoms with Gasteiger partial charge >= 0.3 is 5.97 Å². The van der Waals surface area contributed by atoms with Crippen LogP contribution in [-0.2, 0) is 14.3 Å². The van der Waals surface area contributed by atoms with E-state index in [-0.39, 0.29) is 17.8 Å². The Bertz CT molecular complexity index is 638. The molecule has 23 heavy (non-hydrogen) atoms. The number of thioether (sulfide) groups is 1. The first-order valence-corrected chi connectivity index (χ1v) is 8.00. The minimum atomic E-state index is -0.426. The summed E-state index contributed by atoms with van der Waals surface area (Å²) >= 11 is 0.931. The van der Waals surface area contributed by atoms with E-state index in [9.17, 15) is 14.4 Å². The van der Waals surface area contributed by atoms with E-state index in [1.165, 1.54) is 4.90 Å². The van der Waals surface area contributed by atoms with Crippen molar-refractivity contribution in [3.05, 3.63) is 34.7 Å². The van der Waals surface area contributed by atoms with Crippen LogP contribution in [0.3, 0.4) is 0 Å². The molecule has 122 valence electrons. The van der Waals surface area contributed by atoms with E-state index in [0.29, 0.717) is 23.8 Å². The van der Waals surface area contributed by atoms with Crippen molar-refractivity contribution in [2.45, 2.75) is 13.8 Å². The number of rotatable bonds is 6. The van der Waals surface area contributed by atoms with Crippen molar-refractivity contribution in [1.82, 2.24) is 4.90 Å². The van der Waals surface area contributed by atoms with Crippen LogP contribution in [0.25, 0.3) is 6.08 Å². The summed E-state index contributed by atoms with van der Waals surface area (Å²) in [5.74, 6) is -0.174. The number of hydrogen-bond acceptors (Lipinski definition) is 6. The van der Waals surface area contributed by atoms with Crippen LogP contribution in [0, 0.1) is 0 Å². The van der Waals surface area contributed by atoms with E-state index < -0.39 is 5.97 Å². The molecular weight excluding hydrogens is 318 g/mol. The highest BCUT2D eigenvalue weighted by Gasteiger charge is 2.33. The van der Waals surface area contributed by atoms with Crippen LogP contribution >= 0.6 is 11.8 Å². The van der Waals surface area contributed by atoms with Crippen molar-refractivity contribution in [2.75, 3.05) is 19.8 Å². The van der Waals surface area contributed by atoms with Crippen LogP contribution in [0.1, 0.15) is 19.4 Å². The van der Waals surface area contributed by atoms with Gasteiger partial charge in [0.25, 0.3) is 11.1 Å². The van der Waals surface area contributed by atoms with Gasteiger partial charge in [0.2, 0.25) is 0 Å². The molecule has 0 atom stereocenters. The number of likely N-dealkylation sites (N-methyl/N-ethyl adjacent to an activating group) is 1. The second kappa shape index (κ2) is 7.82. The Kier molecular flexibility index (Phi) is 5.81. The van der Waals surface area contributed by atoms with Crippen LogP contribution in [0.15, 0.2) is 29.2 Å². The molecule has 1 heterocycles. The maximum absolute atomic E-state index is 12.0. The molecule has 1 fully saturated rings. The molecule has 1 aromatic rings. The third-order valence-corrected chi connectivity index (χ3v) is 3.94. The largest absolute Gasteiger partial charge is 0.482 e. The summed E-state index contributed by atoms with van der Waals surface area (Å²) in [6.07, 6.45) is 1.66. The van der Waals surface area contributed by atoms with Crippen molar-refractivity contribution >= 4 is 35.0 Å². The van der Waals surface area contributed by atoms with Gasteiger partial charge in [-0.3, -0.25) is 14.5 Å². The lowest BCUT2D eigenvalue weighted by Gasteiger charge is -2.07. The molecule has 0 aliphatic carbocycles. The number of benzene rings is 1. The van der Waals surface area contributed by atoms with Gasteiger partial charge in [0, 0.05) is 6.54 Å². The zero-order valence-electron chi connectivity index (χ0n) is 12.9. The highest BCUT2D eigenvalue weighted by atomic mass is 32.2. The first-order chi connectivity index (χ1) is 11.0. The van der Waals surface area contributed by atoms with Gasteiger partial charge in [-0.1, -0.05) is 12.1 Å². The van der Waals surface area contributed by atoms with E-state index >= 15 is 0 Å². The molecule has 1 aliphatic heterocycles. The van der Waals surface area contributed by atoms with Crippen LogP contribution in [0.5, 0.6) is 5.75 Å². The number of carbonyl (C=O) groups excluding carboxylic acids is 3. The van der Waals surface area contributed by atoms with Crippen LogP contribution in [-0.4, -0.2) is 41.8 Å². The van der Waals surface area contributed by atoms with Gasteiger partial charge in [-0.15, -0.1) is 0 Å². The Labute approximate surface area is 138 Å². The normalized spacial score (nSPS) is 16.1. The number of amides is 2. The Hall–Kier alpha value is -2.28. The first kappa shape index (κ1) is 17.1. The molecule has 0 aromatic heterocycles. The van der Waals surface area contributed by atoms with Crippen molar-refractivity contribution in [3.8, 4) is 5.75 Å². The summed E-state index contributed by atoms with van der Waals surface area (Å²) in [5, 5.41) is -0.252. The maximum Gasteiger partial charge on any atom is 0.344 e. The van der Waals surface area contributed by atoms with Gasteiger partial charge in [-0.05, 0) is 49.4 Å². The zero-order chi connectivity index (χ0) is 16.8. The number of imide groups is 1. The highest BCUT2D eigenvalue weighted by Crippen LogP contribution is 2.32. The predicted octanol–water partition coefficient (Wildman–Crippen LogP) is 2.68. The minimum Gasteiger partial charge on any atom is -0.482 e. The summed E-state index contributed by atoms with van der Waals surface area (Å²) in [6, 6.07) is 6.88. The van der Waals surface area contributed by atoms with E-state index in [1.54, 1.807) is 44.2 Å². The van der Waals surface area contributed by atoms with Gasteiger partial charge in [0.1, 0.15) is 5.75 Å². The quantitative estimate of drug-likeness (QED) is 0.588. The summed E-state index contributed by atoms with van der Waals surface area (Å²) in [4.78, 5) is 36.4. The molecule has 0 saturated carbocycles. The Morgan fingerprint density at radius 3 is 2.48 bits per heavy atom. The number of carbonyl (C=O) groups is 3. The van der Waals surface area contributed by atoms with E-state index in [0.717, 1.165) is 17.3 Å². The summed E-state index contributed by atoms with van der Waals surface area (Å²) in [7, 11) is 0. The molecule has 2 rings (SSSR count). The van der Waals surface area contributed by atoms with Gasteiger partial charge < -0.3 is 9.47 Å². The fourth-order valence-electron chi connectivity index (χ4n) is 1.93. The molecule has 0 spiro atoms. The standard InChI is InChI=1S/C16H17NO5S/c1-3-17-15(19)13(23-16(17)20)9-11-5-7-12(8-6-11)22-10-14(18)21-4-2/h5-9H,3-4,10H2,1-2H3/b13-9-. The smallest absolute Gasteiger partial charge is 0.344 e. The molecule has 1 aliphatic rings. The lowest BCUT2D eigenvalue weighted by atomic mass is 10.2. The summed E-state index contributed by atoms with van der Waals surface area (Å²) < 4.78 is 10.1. The lowest BCUT2D eigenvalue weighted by Crippen LogP contribution is -2.27. The minimum absolute atomic E-state index is 0.150. The van der Waals surface area contributed by atoms with Crippen molar-refractivity contribution < 1.29 is 23.9 Å². The summed E-state index contributed by atoms with van der Waals surface area (Å²) in [5.41, 5.74) is 0.773. The number of ether oxygens (including phenoxy) is 2. The SMILES string of the molecule is CCOC(=O)COc1ccc(/C=C2\SC(=O)N(CC)C2=O)cc1. The number of hydrogen-bond donors (Lipinski definition) is 0. The average Bonchev–Trinajstić information content (AvgIpc) is 2.80. The molecule has 1 aromatic carbocycles. The van der Waals surface area contributed by atoms with Crippen molar-refractivity contribution in [1.29, 1.82) is 0 Å². The predicted molar refractivity (Wildman–Crippen MR) is 86.9 cm³/mol. The van der Waals surface area contributed by atoms with Gasteiger partial charge in [0.05, 0.1) is 11.5 Å². The Balaban J connectivity index is 2.00. The van der Waals surface area contributed by atoms with Crippen molar-refractivity contribution in [2.24, 2.45) is 0 Å². The molecule has 2 amide bonds. The van der Waals surface area contributed by atoms with E-state index in [2.05, 4.69) is 0 Å². The molecular formula is C16H17NO5S. The third kappa shape index (κ3) is 4.35. The number of nitrogens with zero attached hydrogens (tertiary/aromatic N) is 1. The van der Waals surface area contributed by atoms with Gasteiger partial charge in [-0.25, -0.2) is 4.79 Å². The molecule has 0 unspecified atom stereocenters. The average molecular weight is 335 g/mol. The van der Waals surface area contributed by atoms with Gasteiger partial charge in [-0.2, -0.15) is 0 Å². The highest BCUT2D eigenvalue weighted by molar-refractivity contribution is 8.18. The van der Waals surface area contributed by atoms with Crippen LogP contribution < -0.4 is 4.74 Å². The zero-order valence-corrected chi connectivity index (χ0v) is 13.7. The molecule has 1 saturated heterocycles. The fourth-order valence-corrected chi connectivity index (χ4v) is 2.83.